The van der Waals surface area contributed by atoms with E-state index in [-0.39, 0.29) is 17.4 Å². The quantitative estimate of drug-likeness (QED) is 0.144. The summed E-state index contributed by atoms with van der Waals surface area (Å²) in [5, 5.41) is 8.27. The van der Waals surface area contributed by atoms with Crippen molar-refractivity contribution in [3.8, 4) is 5.75 Å². The standard InChI is InChI=1S/C32H28FN3O4S/c1-2-40-27-16-12-25(13-17-27)34-30(37)21-41-28-18-14-26(15-19-28)35-32(39)29(20-22-8-10-24(33)11-9-22)36-31(38)23-6-4-3-5-7-23/h3-20H,2,21H2,1H3,(H,34,37)(H,35,39)(H,36,38)/b29-20-. The Hall–Kier alpha value is -4.89. The van der Waals surface area contributed by atoms with Crippen LogP contribution in [0.5, 0.6) is 5.75 Å². The number of amides is 3. The van der Waals surface area contributed by atoms with Crippen LogP contribution in [0.3, 0.4) is 0 Å². The fraction of sp³-hybridized carbons (Fsp3) is 0.0938. The Balaban J connectivity index is 1.36. The molecule has 0 spiro atoms. The van der Waals surface area contributed by atoms with Gasteiger partial charge in [0.25, 0.3) is 11.8 Å². The topological polar surface area (TPSA) is 96.5 Å². The minimum atomic E-state index is -0.547. The van der Waals surface area contributed by atoms with Crippen molar-refractivity contribution < 1.29 is 23.5 Å². The normalized spacial score (nSPS) is 10.9. The van der Waals surface area contributed by atoms with Crippen LogP contribution in [0.2, 0.25) is 0 Å². The molecule has 4 rings (SSSR count). The van der Waals surface area contributed by atoms with Crippen molar-refractivity contribution in [2.75, 3.05) is 23.0 Å². The maximum atomic E-state index is 13.4. The molecule has 0 bridgehead atoms. The van der Waals surface area contributed by atoms with Crippen molar-refractivity contribution >= 4 is 46.9 Å². The van der Waals surface area contributed by atoms with E-state index in [1.165, 1.54) is 42.1 Å². The van der Waals surface area contributed by atoms with Crippen molar-refractivity contribution in [2.45, 2.75) is 11.8 Å². The van der Waals surface area contributed by atoms with E-state index in [2.05, 4.69) is 16.0 Å². The first-order valence-corrected chi connectivity index (χ1v) is 13.8. The van der Waals surface area contributed by atoms with Gasteiger partial charge in [-0.15, -0.1) is 11.8 Å². The summed E-state index contributed by atoms with van der Waals surface area (Å²) in [6.45, 7) is 2.48. The van der Waals surface area contributed by atoms with E-state index in [0.29, 0.717) is 29.1 Å². The van der Waals surface area contributed by atoms with Crippen LogP contribution in [0.1, 0.15) is 22.8 Å². The largest absolute Gasteiger partial charge is 0.494 e. The molecule has 0 fully saturated rings. The average Bonchev–Trinajstić information content (AvgIpc) is 2.99. The van der Waals surface area contributed by atoms with Gasteiger partial charge in [0.2, 0.25) is 5.91 Å². The van der Waals surface area contributed by atoms with Gasteiger partial charge in [0.15, 0.2) is 0 Å². The molecule has 208 valence electrons. The van der Waals surface area contributed by atoms with Crippen LogP contribution in [-0.4, -0.2) is 30.1 Å². The Bertz CT molecular complexity index is 1510. The van der Waals surface area contributed by atoms with Crippen LogP contribution in [-0.2, 0) is 9.59 Å². The van der Waals surface area contributed by atoms with E-state index in [1.807, 2.05) is 6.92 Å². The zero-order chi connectivity index (χ0) is 29.0. The lowest BCUT2D eigenvalue weighted by molar-refractivity contribution is -0.114. The number of rotatable bonds is 11. The van der Waals surface area contributed by atoms with E-state index < -0.39 is 17.6 Å². The van der Waals surface area contributed by atoms with Crippen LogP contribution in [0.15, 0.2) is 114 Å². The minimum absolute atomic E-state index is 0.00475. The summed E-state index contributed by atoms with van der Waals surface area (Å²) in [6.07, 6.45) is 1.48. The number of benzene rings is 4. The van der Waals surface area contributed by atoms with E-state index in [4.69, 9.17) is 4.74 Å². The Morgan fingerprint density at radius 1 is 0.805 bits per heavy atom. The second-order valence-electron chi connectivity index (χ2n) is 8.70. The molecule has 0 aliphatic heterocycles. The molecule has 41 heavy (non-hydrogen) atoms. The molecule has 0 aromatic heterocycles. The zero-order valence-electron chi connectivity index (χ0n) is 22.2. The molecule has 0 saturated heterocycles. The lowest BCUT2D eigenvalue weighted by Crippen LogP contribution is -2.30. The summed E-state index contributed by atoms with van der Waals surface area (Å²) >= 11 is 1.35. The van der Waals surface area contributed by atoms with Crippen LogP contribution in [0, 0.1) is 5.82 Å². The smallest absolute Gasteiger partial charge is 0.272 e. The Kier molecular flexibility index (Phi) is 10.3. The highest BCUT2D eigenvalue weighted by Gasteiger charge is 2.15. The summed E-state index contributed by atoms with van der Waals surface area (Å²) in [7, 11) is 0. The predicted octanol–water partition coefficient (Wildman–Crippen LogP) is 6.36. The van der Waals surface area contributed by atoms with Crippen molar-refractivity contribution in [2.24, 2.45) is 0 Å². The molecule has 0 aliphatic carbocycles. The van der Waals surface area contributed by atoms with Gasteiger partial charge in [-0.2, -0.15) is 0 Å². The molecule has 0 saturated carbocycles. The van der Waals surface area contributed by atoms with Gasteiger partial charge in [0.1, 0.15) is 17.3 Å². The van der Waals surface area contributed by atoms with Gasteiger partial charge in [-0.3, -0.25) is 14.4 Å². The average molecular weight is 570 g/mol. The van der Waals surface area contributed by atoms with Crippen LogP contribution < -0.4 is 20.7 Å². The fourth-order valence-corrected chi connectivity index (χ4v) is 4.35. The van der Waals surface area contributed by atoms with Crippen LogP contribution >= 0.6 is 11.8 Å². The highest BCUT2D eigenvalue weighted by Crippen LogP contribution is 2.22. The number of thioether (sulfide) groups is 1. The van der Waals surface area contributed by atoms with E-state index in [1.54, 1.807) is 78.9 Å². The maximum absolute atomic E-state index is 13.4. The fourth-order valence-electron chi connectivity index (χ4n) is 3.65. The highest BCUT2D eigenvalue weighted by molar-refractivity contribution is 8.00. The van der Waals surface area contributed by atoms with Gasteiger partial charge < -0.3 is 20.7 Å². The molecule has 7 nitrogen and oxygen atoms in total. The molecule has 0 radical (unpaired) electrons. The number of carbonyl (C=O) groups is 3. The third-order valence-corrected chi connectivity index (χ3v) is 6.65. The number of hydrogen-bond acceptors (Lipinski definition) is 5. The molecular weight excluding hydrogens is 541 g/mol. The van der Waals surface area contributed by atoms with Gasteiger partial charge >= 0.3 is 0 Å². The van der Waals surface area contributed by atoms with Gasteiger partial charge in [-0.25, -0.2) is 4.39 Å². The predicted molar refractivity (Wildman–Crippen MR) is 160 cm³/mol. The monoisotopic (exact) mass is 569 g/mol. The molecule has 0 atom stereocenters. The van der Waals surface area contributed by atoms with Crippen molar-refractivity contribution in [1.82, 2.24) is 5.32 Å². The molecule has 0 aliphatic rings. The number of ether oxygens (including phenoxy) is 1. The molecule has 4 aromatic rings. The molecular formula is C32H28FN3O4S. The van der Waals surface area contributed by atoms with Crippen molar-refractivity contribution in [1.29, 1.82) is 0 Å². The Labute approximate surface area is 241 Å². The SMILES string of the molecule is CCOc1ccc(NC(=O)CSc2ccc(NC(=O)/C(=C/c3ccc(F)cc3)NC(=O)c3ccccc3)cc2)cc1. The van der Waals surface area contributed by atoms with Gasteiger partial charge in [-0.1, -0.05) is 30.3 Å². The van der Waals surface area contributed by atoms with Crippen LogP contribution in [0.25, 0.3) is 6.08 Å². The maximum Gasteiger partial charge on any atom is 0.272 e. The third-order valence-electron chi connectivity index (χ3n) is 5.64. The number of hydrogen-bond donors (Lipinski definition) is 3. The second kappa shape index (κ2) is 14.5. The van der Waals surface area contributed by atoms with Crippen molar-refractivity contribution in [3.05, 3.63) is 126 Å². The molecule has 0 unspecified atom stereocenters. The van der Waals surface area contributed by atoms with Gasteiger partial charge in [0, 0.05) is 21.8 Å². The summed E-state index contributed by atoms with van der Waals surface area (Å²) in [5.74, 6) is -0.620. The van der Waals surface area contributed by atoms with Crippen LogP contribution in [0.4, 0.5) is 15.8 Å². The minimum Gasteiger partial charge on any atom is -0.494 e. The Morgan fingerprint density at radius 2 is 1.44 bits per heavy atom. The van der Waals surface area contributed by atoms with Gasteiger partial charge in [-0.05, 0) is 91.4 Å². The lowest BCUT2D eigenvalue weighted by atomic mass is 10.1. The zero-order valence-corrected chi connectivity index (χ0v) is 23.0. The first-order chi connectivity index (χ1) is 19.9. The summed E-state index contributed by atoms with van der Waals surface area (Å²) in [5.41, 5.74) is 2.10. The first kappa shape index (κ1) is 29.1. The van der Waals surface area contributed by atoms with Gasteiger partial charge in [0.05, 0.1) is 12.4 Å². The molecule has 4 aromatic carbocycles. The first-order valence-electron chi connectivity index (χ1n) is 12.8. The molecule has 0 heterocycles. The highest BCUT2D eigenvalue weighted by atomic mass is 32.2. The summed E-state index contributed by atoms with van der Waals surface area (Å²) in [6, 6.07) is 28.2. The molecule has 3 N–H and O–H groups in total. The second-order valence-corrected chi connectivity index (χ2v) is 9.75. The molecule has 3 amide bonds. The lowest BCUT2D eigenvalue weighted by Gasteiger charge is -2.12. The van der Waals surface area contributed by atoms with E-state index in [0.717, 1.165) is 10.6 Å². The number of halogens is 1. The Morgan fingerprint density at radius 3 is 2.10 bits per heavy atom. The summed E-state index contributed by atoms with van der Waals surface area (Å²) in [4.78, 5) is 39.1. The molecule has 9 heteroatoms. The van der Waals surface area contributed by atoms with E-state index >= 15 is 0 Å². The number of anilines is 2. The van der Waals surface area contributed by atoms with Crippen molar-refractivity contribution in [3.63, 3.8) is 0 Å². The van der Waals surface area contributed by atoms with E-state index in [9.17, 15) is 18.8 Å². The number of nitrogens with one attached hydrogen (secondary N) is 3. The third kappa shape index (κ3) is 9.08. The number of carbonyl (C=O) groups excluding carboxylic acids is 3. The summed E-state index contributed by atoms with van der Waals surface area (Å²) < 4.78 is 18.8.